The zero-order valence-corrected chi connectivity index (χ0v) is 16.8. The Morgan fingerprint density at radius 3 is 2.31 bits per heavy atom. The maximum absolute atomic E-state index is 13.8. The molecule has 0 amide bonds. The molecule has 0 saturated heterocycles. The first-order chi connectivity index (χ1) is 13.8. The van der Waals surface area contributed by atoms with E-state index in [0.717, 1.165) is 0 Å². The summed E-state index contributed by atoms with van der Waals surface area (Å²) in [6.45, 7) is 3.60. The van der Waals surface area contributed by atoms with Crippen molar-refractivity contribution in [3.63, 3.8) is 0 Å². The number of nitrogens with zero attached hydrogens (tertiary/aromatic N) is 1. The van der Waals surface area contributed by atoms with Gasteiger partial charge in [-0.25, -0.2) is 17.6 Å². The van der Waals surface area contributed by atoms with Gasteiger partial charge in [0, 0.05) is 6.54 Å². The third kappa shape index (κ3) is 4.30. The van der Waals surface area contributed by atoms with Crippen LogP contribution in [0, 0.1) is 12.7 Å². The van der Waals surface area contributed by atoms with E-state index in [-0.39, 0.29) is 22.8 Å². The first-order valence-corrected chi connectivity index (χ1v) is 10.4. The summed E-state index contributed by atoms with van der Waals surface area (Å²) in [4.78, 5) is 12.5. The summed E-state index contributed by atoms with van der Waals surface area (Å²) in [5.74, 6) is -1.74. The molecule has 0 fully saturated rings. The first kappa shape index (κ1) is 20.5. The molecule has 29 heavy (non-hydrogen) atoms. The molecule has 0 atom stereocenters. The van der Waals surface area contributed by atoms with Gasteiger partial charge in [0.05, 0.1) is 16.1 Å². The largest absolute Gasteiger partial charge is 0.420 e. The summed E-state index contributed by atoms with van der Waals surface area (Å²) >= 11 is 0. The smallest absolute Gasteiger partial charge is 0.343 e. The first-order valence-electron chi connectivity index (χ1n) is 8.99. The Labute approximate surface area is 169 Å². The Kier molecular flexibility index (Phi) is 5.98. The fraction of sp³-hybridized carbons (Fsp3) is 0.136. The second-order valence-corrected chi connectivity index (χ2v) is 8.14. The van der Waals surface area contributed by atoms with E-state index < -0.39 is 21.8 Å². The van der Waals surface area contributed by atoms with Gasteiger partial charge in [-0.1, -0.05) is 36.4 Å². The molecular weight excluding hydrogens is 393 g/mol. The van der Waals surface area contributed by atoms with Crippen LogP contribution in [0.4, 0.5) is 10.1 Å². The van der Waals surface area contributed by atoms with Crippen LogP contribution in [0.3, 0.4) is 0 Å². The minimum absolute atomic E-state index is 0.00816. The molecule has 0 aromatic heterocycles. The van der Waals surface area contributed by atoms with Crippen molar-refractivity contribution in [2.45, 2.75) is 18.7 Å². The zero-order chi connectivity index (χ0) is 21.0. The van der Waals surface area contributed by atoms with E-state index in [1.807, 2.05) is 0 Å². The van der Waals surface area contributed by atoms with Crippen molar-refractivity contribution < 1.29 is 22.3 Å². The average Bonchev–Trinajstić information content (AvgIpc) is 2.71. The molecule has 3 aromatic rings. The molecule has 150 valence electrons. The number of para-hydroxylation sites is 2. The number of esters is 1. The van der Waals surface area contributed by atoms with Crippen molar-refractivity contribution in [2.75, 3.05) is 10.8 Å². The highest BCUT2D eigenvalue weighted by Crippen LogP contribution is 2.27. The monoisotopic (exact) mass is 413 g/mol. The van der Waals surface area contributed by atoms with E-state index >= 15 is 0 Å². The molecule has 0 aliphatic heterocycles. The third-order valence-corrected chi connectivity index (χ3v) is 6.41. The summed E-state index contributed by atoms with van der Waals surface area (Å²) in [5, 5.41) is 0. The maximum atomic E-state index is 13.8. The predicted molar refractivity (Wildman–Crippen MR) is 109 cm³/mol. The quantitative estimate of drug-likeness (QED) is 0.439. The van der Waals surface area contributed by atoms with E-state index in [1.165, 1.54) is 46.8 Å². The molecule has 0 N–H and O–H groups in total. The van der Waals surface area contributed by atoms with Crippen LogP contribution in [0.5, 0.6) is 5.75 Å². The van der Waals surface area contributed by atoms with E-state index in [0.29, 0.717) is 11.3 Å². The Hall–Kier alpha value is -3.19. The van der Waals surface area contributed by atoms with Gasteiger partial charge in [-0.2, -0.15) is 0 Å². The number of benzene rings is 3. The molecule has 7 heteroatoms. The lowest BCUT2D eigenvalue weighted by molar-refractivity contribution is 0.0727. The van der Waals surface area contributed by atoms with Gasteiger partial charge < -0.3 is 4.74 Å². The maximum Gasteiger partial charge on any atom is 0.343 e. The van der Waals surface area contributed by atoms with Crippen LogP contribution in [0.1, 0.15) is 22.8 Å². The third-order valence-electron chi connectivity index (χ3n) is 4.36. The number of ether oxygens (including phenoxy) is 1. The number of carbonyl (C=O) groups is 1. The Balaban J connectivity index is 1.98. The van der Waals surface area contributed by atoms with E-state index in [2.05, 4.69) is 0 Å². The van der Waals surface area contributed by atoms with Gasteiger partial charge in [-0.05, 0) is 55.8 Å². The number of halogens is 1. The average molecular weight is 413 g/mol. The Morgan fingerprint density at radius 1 is 1.00 bits per heavy atom. The van der Waals surface area contributed by atoms with Gasteiger partial charge in [0.2, 0.25) is 0 Å². The molecule has 0 aliphatic rings. The van der Waals surface area contributed by atoms with Crippen molar-refractivity contribution in [1.82, 2.24) is 0 Å². The van der Waals surface area contributed by atoms with Gasteiger partial charge >= 0.3 is 5.97 Å². The van der Waals surface area contributed by atoms with E-state index in [4.69, 9.17) is 4.74 Å². The summed E-state index contributed by atoms with van der Waals surface area (Å²) in [6, 6.07) is 18.5. The second kappa shape index (κ2) is 8.45. The molecular formula is C22H20FNO4S. The lowest BCUT2D eigenvalue weighted by Crippen LogP contribution is -2.31. The predicted octanol–water partition coefficient (Wildman–Crippen LogP) is 4.57. The van der Waals surface area contributed by atoms with Crippen LogP contribution in [0.15, 0.2) is 77.7 Å². The number of hydrogen-bond acceptors (Lipinski definition) is 4. The highest BCUT2D eigenvalue weighted by atomic mass is 32.2. The summed E-state index contributed by atoms with van der Waals surface area (Å²) < 4.78 is 46.7. The topological polar surface area (TPSA) is 63.7 Å². The normalized spacial score (nSPS) is 11.1. The van der Waals surface area contributed by atoms with E-state index in [9.17, 15) is 17.6 Å². The van der Waals surface area contributed by atoms with Crippen molar-refractivity contribution >= 4 is 21.7 Å². The number of hydrogen-bond donors (Lipinski definition) is 0. The molecule has 0 saturated carbocycles. The van der Waals surface area contributed by atoms with Crippen molar-refractivity contribution in [1.29, 1.82) is 0 Å². The molecule has 3 aromatic carbocycles. The molecule has 0 unspecified atom stereocenters. The number of carbonyl (C=O) groups excluding carboxylic acids is 1. The van der Waals surface area contributed by atoms with Gasteiger partial charge in [0.25, 0.3) is 10.0 Å². The van der Waals surface area contributed by atoms with E-state index in [1.54, 1.807) is 44.2 Å². The van der Waals surface area contributed by atoms with Crippen molar-refractivity contribution in [2.24, 2.45) is 0 Å². The number of rotatable bonds is 6. The molecule has 5 nitrogen and oxygen atoms in total. The summed E-state index contributed by atoms with van der Waals surface area (Å²) in [5.41, 5.74) is 1.03. The van der Waals surface area contributed by atoms with Gasteiger partial charge in [-0.15, -0.1) is 0 Å². The lowest BCUT2D eigenvalue weighted by Gasteiger charge is -2.24. The highest BCUT2D eigenvalue weighted by Gasteiger charge is 2.26. The van der Waals surface area contributed by atoms with Crippen LogP contribution in [-0.4, -0.2) is 20.9 Å². The summed E-state index contributed by atoms with van der Waals surface area (Å²) in [7, 11) is -3.92. The Bertz CT molecular complexity index is 1130. The SMILES string of the molecule is CCN(c1ccccc1)S(=O)(=O)c1cc(C(=O)Oc2ccccc2F)ccc1C. The van der Waals surface area contributed by atoms with Crippen LogP contribution in [0.2, 0.25) is 0 Å². The fourth-order valence-electron chi connectivity index (χ4n) is 2.90. The van der Waals surface area contributed by atoms with Gasteiger partial charge in [0.1, 0.15) is 0 Å². The number of anilines is 1. The molecule has 0 radical (unpaired) electrons. The van der Waals surface area contributed by atoms with Crippen LogP contribution in [0.25, 0.3) is 0 Å². The fourth-order valence-corrected chi connectivity index (χ4v) is 4.62. The van der Waals surface area contributed by atoms with Crippen molar-refractivity contribution in [3.05, 3.63) is 89.7 Å². The van der Waals surface area contributed by atoms with Gasteiger partial charge in [-0.3, -0.25) is 4.31 Å². The second-order valence-electron chi connectivity index (χ2n) is 6.31. The molecule has 0 aliphatic carbocycles. The van der Waals surface area contributed by atoms with Gasteiger partial charge in [0.15, 0.2) is 11.6 Å². The minimum Gasteiger partial charge on any atom is -0.420 e. The number of sulfonamides is 1. The standard InChI is InChI=1S/C22H20FNO4S/c1-3-24(18-9-5-4-6-10-18)29(26,27)21-15-17(14-13-16(21)2)22(25)28-20-12-8-7-11-19(20)23/h4-15H,3H2,1-2H3. The Morgan fingerprint density at radius 2 is 1.66 bits per heavy atom. The van der Waals surface area contributed by atoms with Crippen LogP contribution in [-0.2, 0) is 10.0 Å². The minimum atomic E-state index is -3.92. The molecule has 0 bridgehead atoms. The summed E-state index contributed by atoms with van der Waals surface area (Å²) in [6.07, 6.45) is 0. The highest BCUT2D eigenvalue weighted by molar-refractivity contribution is 7.92. The molecule has 3 rings (SSSR count). The van der Waals surface area contributed by atoms with Crippen LogP contribution < -0.4 is 9.04 Å². The zero-order valence-electron chi connectivity index (χ0n) is 16.0. The number of aryl methyl sites for hydroxylation is 1. The van der Waals surface area contributed by atoms with Crippen molar-refractivity contribution in [3.8, 4) is 5.75 Å². The molecule has 0 spiro atoms. The molecule has 0 heterocycles. The van der Waals surface area contributed by atoms with Crippen LogP contribution >= 0.6 is 0 Å². The lowest BCUT2D eigenvalue weighted by atomic mass is 10.1.